The van der Waals surface area contributed by atoms with Gasteiger partial charge in [-0.2, -0.15) is 0 Å². The Bertz CT molecular complexity index is 955. The standard InChI is InChI=1S/C23H21NO6/c1-27-22-10-16(12-25)6-8-20(22)29-14-18-4-3-5-19(24-18)15-30-21-9-7-17(13-26)11-23(21)28-2/h3-13H,14-15H2,1-2H3. The maximum Gasteiger partial charge on any atom is 0.161 e. The zero-order chi connectivity index (χ0) is 21.3. The van der Waals surface area contributed by atoms with Crippen molar-refractivity contribution >= 4 is 12.6 Å². The molecule has 0 fully saturated rings. The highest BCUT2D eigenvalue weighted by Gasteiger charge is 2.09. The molecule has 0 saturated heterocycles. The molecule has 0 bridgehead atoms. The number of methoxy groups -OCH3 is 2. The van der Waals surface area contributed by atoms with Crippen molar-refractivity contribution in [1.82, 2.24) is 4.98 Å². The zero-order valence-electron chi connectivity index (χ0n) is 16.7. The summed E-state index contributed by atoms with van der Waals surface area (Å²) in [6, 6.07) is 15.5. The number of hydrogen-bond donors (Lipinski definition) is 0. The Morgan fingerprint density at radius 3 is 1.57 bits per heavy atom. The molecule has 7 nitrogen and oxygen atoms in total. The second-order valence-corrected chi connectivity index (χ2v) is 6.25. The van der Waals surface area contributed by atoms with Gasteiger partial charge in [0.05, 0.1) is 25.6 Å². The van der Waals surface area contributed by atoms with Gasteiger partial charge < -0.3 is 18.9 Å². The number of hydrogen-bond acceptors (Lipinski definition) is 7. The predicted molar refractivity (Wildman–Crippen MR) is 110 cm³/mol. The molecule has 3 rings (SSSR count). The maximum atomic E-state index is 10.9. The van der Waals surface area contributed by atoms with E-state index in [9.17, 15) is 9.59 Å². The number of aldehydes is 2. The molecule has 30 heavy (non-hydrogen) atoms. The SMILES string of the molecule is COc1cc(C=O)ccc1OCc1cccc(COc2ccc(C=O)cc2OC)n1. The number of carbonyl (C=O) groups excluding carboxylic acids is 2. The minimum atomic E-state index is 0.224. The van der Waals surface area contributed by atoms with E-state index in [0.717, 1.165) is 12.6 Å². The molecule has 7 heteroatoms. The lowest BCUT2D eigenvalue weighted by atomic mass is 10.2. The third-order valence-electron chi connectivity index (χ3n) is 4.26. The molecule has 1 aromatic heterocycles. The van der Waals surface area contributed by atoms with Crippen molar-refractivity contribution in [2.24, 2.45) is 0 Å². The van der Waals surface area contributed by atoms with Crippen LogP contribution in [0, 0.1) is 0 Å². The monoisotopic (exact) mass is 407 g/mol. The topological polar surface area (TPSA) is 84.0 Å². The molecule has 0 aliphatic heterocycles. The minimum Gasteiger partial charge on any atom is -0.493 e. The summed E-state index contributed by atoms with van der Waals surface area (Å²) >= 11 is 0. The molecule has 0 saturated carbocycles. The van der Waals surface area contributed by atoms with E-state index in [1.165, 1.54) is 14.2 Å². The highest BCUT2D eigenvalue weighted by atomic mass is 16.5. The van der Waals surface area contributed by atoms with Gasteiger partial charge in [-0.3, -0.25) is 14.6 Å². The third-order valence-corrected chi connectivity index (χ3v) is 4.26. The van der Waals surface area contributed by atoms with E-state index < -0.39 is 0 Å². The van der Waals surface area contributed by atoms with E-state index >= 15 is 0 Å². The Morgan fingerprint density at radius 1 is 0.700 bits per heavy atom. The minimum absolute atomic E-state index is 0.224. The lowest BCUT2D eigenvalue weighted by Gasteiger charge is -2.12. The van der Waals surface area contributed by atoms with Crippen LogP contribution in [0.1, 0.15) is 32.1 Å². The van der Waals surface area contributed by atoms with Crippen LogP contribution in [0.5, 0.6) is 23.0 Å². The number of carbonyl (C=O) groups is 2. The van der Waals surface area contributed by atoms with Crippen molar-refractivity contribution in [2.75, 3.05) is 14.2 Å². The zero-order valence-corrected chi connectivity index (χ0v) is 16.7. The van der Waals surface area contributed by atoms with Gasteiger partial charge in [-0.1, -0.05) is 6.07 Å². The molecule has 0 atom stereocenters. The number of rotatable bonds is 10. The van der Waals surface area contributed by atoms with Crippen LogP contribution < -0.4 is 18.9 Å². The van der Waals surface area contributed by atoms with Gasteiger partial charge in [0.25, 0.3) is 0 Å². The molecule has 0 unspecified atom stereocenters. The Balaban J connectivity index is 1.65. The number of nitrogens with zero attached hydrogens (tertiary/aromatic N) is 1. The summed E-state index contributed by atoms with van der Waals surface area (Å²) in [5.41, 5.74) is 2.43. The summed E-state index contributed by atoms with van der Waals surface area (Å²) in [4.78, 5) is 26.3. The van der Waals surface area contributed by atoms with Crippen LogP contribution in [0.25, 0.3) is 0 Å². The number of benzene rings is 2. The molecule has 0 aliphatic rings. The second kappa shape index (κ2) is 10.1. The maximum absolute atomic E-state index is 10.9. The fraction of sp³-hybridized carbons (Fsp3) is 0.174. The lowest BCUT2D eigenvalue weighted by Crippen LogP contribution is -2.05. The summed E-state index contributed by atoms with van der Waals surface area (Å²) in [7, 11) is 3.03. The smallest absolute Gasteiger partial charge is 0.161 e. The summed E-state index contributed by atoms with van der Waals surface area (Å²) in [6.07, 6.45) is 1.50. The molecule has 3 aromatic rings. The molecule has 1 heterocycles. The average Bonchev–Trinajstić information content (AvgIpc) is 2.81. The molecule has 0 radical (unpaired) electrons. The van der Waals surface area contributed by atoms with Crippen molar-refractivity contribution in [3.05, 3.63) is 77.1 Å². The molecule has 0 aliphatic carbocycles. The largest absolute Gasteiger partial charge is 0.493 e. The Kier molecular flexibility index (Phi) is 7.00. The van der Waals surface area contributed by atoms with Crippen molar-refractivity contribution < 1.29 is 28.5 Å². The predicted octanol–water partition coefficient (Wildman–Crippen LogP) is 3.88. The van der Waals surface area contributed by atoms with Crippen molar-refractivity contribution in [3.63, 3.8) is 0 Å². The van der Waals surface area contributed by atoms with Crippen molar-refractivity contribution in [1.29, 1.82) is 0 Å². The highest BCUT2D eigenvalue weighted by Crippen LogP contribution is 2.29. The van der Waals surface area contributed by atoms with E-state index in [1.54, 1.807) is 36.4 Å². The normalized spacial score (nSPS) is 10.2. The Labute approximate surface area is 174 Å². The van der Waals surface area contributed by atoms with Gasteiger partial charge in [-0.25, -0.2) is 0 Å². The second-order valence-electron chi connectivity index (χ2n) is 6.25. The van der Waals surface area contributed by atoms with Crippen molar-refractivity contribution in [2.45, 2.75) is 13.2 Å². The van der Waals surface area contributed by atoms with Crippen LogP contribution in [0.2, 0.25) is 0 Å². The first-order chi connectivity index (χ1) is 14.7. The molecular weight excluding hydrogens is 386 g/mol. The van der Waals surface area contributed by atoms with Gasteiger partial charge in [0, 0.05) is 11.1 Å². The van der Waals surface area contributed by atoms with Crippen LogP contribution in [-0.4, -0.2) is 31.8 Å². The molecule has 2 aromatic carbocycles. The summed E-state index contributed by atoms with van der Waals surface area (Å²) in [6.45, 7) is 0.448. The van der Waals surface area contributed by atoms with E-state index in [2.05, 4.69) is 4.98 Å². The lowest BCUT2D eigenvalue weighted by molar-refractivity contribution is 0.111. The average molecular weight is 407 g/mol. The third kappa shape index (κ3) is 5.14. The van der Waals surface area contributed by atoms with E-state index in [1.807, 2.05) is 18.2 Å². The number of ether oxygens (including phenoxy) is 4. The number of aromatic nitrogens is 1. The first-order valence-corrected chi connectivity index (χ1v) is 9.13. The molecule has 0 spiro atoms. The summed E-state index contributed by atoms with van der Waals surface area (Å²) in [5.74, 6) is 1.99. The van der Waals surface area contributed by atoms with Gasteiger partial charge in [0.1, 0.15) is 25.8 Å². The van der Waals surface area contributed by atoms with Crippen LogP contribution in [0.15, 0.2) is 54.6 Å². The van der Waals surface area contributed by atoms with Crippen LogP contribution in [-0.2, 0) is 13.2 Å². The quantitative estimate of drug-likeness (QED) is 0.472. The van der Waals surface area contributed by atoms with Gasteiger partial charge in [0.2, 0.25) is 0 Å². The van der Waals surface area contributed by atoms with Gasteiger partial charge in [-0.15, -0.1) is 0 Å². The Morgan fingerprint density at radius 2 is 1.17 bits per heavy atom. The molecular formula is C23H21NO6. The fourth-order valence-electron chi connectivity index (χ4n) is 2.75. The highest BCUT2D eigenvalue weighted by molar-refractivity contribution is 5.76. The molecule has 154 valence electrons. The van der Waals surface area contributed by atoms with Crippen molar-refractivity contribution in [3.8, 4) is 23.0 Å². The van der Waals surface area contributed by atoms with Crippen LogP contribution in [0.4, 0.5) is 0 Å². The number of pyridine rings is 1. The molecule has 0 amide bonds. The summed E-state index contributed by atoms with van der Waals surface area (Å²) < 4.78 is 22.1. The molecule has 0 N–H and O–H groups in total. The van der Waals surface area contributed by atoms with Crippen LogP contribution >= 0.6 is 0 Å². The van der Waals surface area contributed by atoms with Crippen LogP contribution in [0.3, 0.4) is 0 Å². The first kappa shape index (κ1) is 20.9. The van der Waals surface area contributed by atoms with E-state index in [0.29, 0.717) is 45.5 Å². The van der Waals surface area contributed by atoms with Gasteiger partial charge in [-0.05, 0) is 48.5 Å². The van der Waals surface area contributed by atoms with E-state index in [4.69, 9.17) is 18.9 Å². The van der Waals surface area contributed by atoms with Gasteiger partial charge >= 0.3 is 0 Å². The van der Waals surface area contributed by atoms with Gasteiger partial charge in [0.15, 0.2) is 23.0 Å². The Hall–Kier alpha value is -3.87. The summed E-state index contributed by atoms with van der Waals surface area (Å²) in [5, 5.41) is 0. The first-order valence-electron chi connectivity index (χ1n) is 9.13. The fourth-order valence-corrected chi connectivity index (χ4v) is 2.75. The van der Waals surface area contributed by atoms with E-state index in [-0.39, 0.29) is 13.2 Å².